The molecule has 0 atom stereocenters. The number of sulfonamides is 1. The predicted molar refractivity (Wildman–Crippen MR) is 72.3 cm³/mol. The minimum atomic E-state index is -3.73. The Balaban J connectivity index is 2.31. The smallest absolute Gasteiger partial charge is 0.241 e. The number of halogens is 1. The van der Waals surface area contributed by atoms with Gasteiger partial charge in [-0.1, -0.05) is 16.8 Å². The van der Waals surface area contributed by atoms with Crippen LogP contribution in [0.3, 0.4) is 0 Å². The molecule has 0 fully saturated rings. The van der Waals surface area contributed by atoms with Crippen LogP contribution in [0.15, 0.2) is 17.0 Å². The summed E-state index contributed by atoms with van der Waals surface area (Å²) in [5.74, 6) is 0.243. The van der Waals surface area contributed by atoms with E-state index in [9.17, 15) is 8.42 Å². The summed E-state index contributed by atoms with van der Waals surface area (Å²) >= 11 is 5.92. The van der Waals surface area contributed by atoms with Gasteiger partial charge in [0.15, 0.2) is 5.82 Å². The summed E-state index contributed by atoms with van der Waals surface area (Å²) in [4.78, 5) is 0.0916. The van der Waals surface area contributed by atoms with Crippen molar-refractivity contribution in [3.63, 3.8) is 0 Å². The average Bonchev–Trinajstić information content (AvgIpc) is 2.92. The molecule has 1 aromatic carbocycles. The number of nitrogens with one attached hydrogen (secondary N) is 2. The van der Waals surface area contributed by atoms with Crippen molar-refractivity contribution in [1.82, 2.24) is 25.3 Å². The second kappa shape index (κ2) is 5.83. The minimum Gasteiger partial charge on any atom is -0.326 e. The lowest BCUT2D eigenvalue weighted by Gasteiger charge is -2.12. The molecule has 0 unspecified atom stereocenters. The van der Waals surface area contributed by atoms with Gasteiger partial charge in [0.25, 0.3) is 0 Å². The van der Waals surface area contributed by atoms with Crippen LogP contribution in [-0.4, -0.2) is 29.0 Å². The van der Waals surface area contributed by atoms with Crippen molar-refractivity contribution in [1.29, 1.82) is 0 Å². The van der Waals surface area contributed by atoms with Gasteiger partial charge in [-0.2, -0.15) is 5.21 Å². The molecule has 108 valence electrons. The van der Waals surface area contributed by atoms with Gasteiger partial charge in [0.05, 0.1) is 11.4 Å². The van der Waals surface area contributed by atoms with E-state index in [1.165, 1.54) is 6.07 Å². The molecule has 20 heavy (non-hydrogen) atoms. The summed E-state index contributed by atoms with van der Waals surface area (Å²) in [5.41, 5.74) is 6.82. The van der Waals surface area contributed by atoms with E-state index in [1.54, 1.807) is 13.0 Å². The van der Waals surface area contributed by atoms with E-state index in [0.717, 1.165) is 0 Å². The maximum atomic E-state index is 12.3. The predicted octanol–water partition coefficient (Wildman–Crippen LogP) is 0.0987. The van der Waals surface area contributed by atoms with Crippen LogP contribution in [-0.2, 0) is 23.1 Å². The number of benzene rings is 1. The molecule has 0 saturated heterocycles. The van der Waals surface area contributed by atoms with Gasteiger partial charge < -0.3 is 5.73 Å². The van der Waals surface area contributed by atoms with E-state index in [0.29, 0.717) is 16.1 Å². The third-order valence-electron chi connectivity index (χ3n) is 2.75. The number of rotatable bonds is 5. The van der Waals surface area contributed by atoms with E-state index in [2.05, 4.69) is 25.3 Å². The van der Waals surface area contributed by atoms with Gasteiger partial charge in [0.2, 0.25) is 10.0 Å². The van der Waals surface area contributed by atoms with Crippen molar-refractivity contribution in [2.45, 2.75) is 24.9 Å². The summed E-state index contributed by atoms with van der Waals surface area (Å²) in [7, 11) is -3.73. The Bertz CT molecular complexity index is 701. The monoisotopic (exact) mass is 316 g/mol. The first-order chi connectivity index (χ1) is 9.44. The molecule has 0 saturated carbocycles. The third-order valence-corrected chi connectivity index (χ3v) is 4.50. The molecule has 1 aromatic heterocycles. The zero-order valence-electron chi connectivity index (χ0n) is 10.6. The van der Waals surface area contributed by atoms with Gasteiger partial charge in [0.1, 0.15) is 0 Å². The van der Waals surface area contributed by atoms with Gasteiger partial charge in [-0.05, 0) is 30.2 Å². The summed E-state index contributed by atoms with van der Waals surface area (Å²) in [6.45, 7) is 1.82. The standard InChI is InChI=1S/C10H13ClN6O2S/c1-6-7(4-12)2-8(11)3-9(6)20(18,19)13-5-10-14-16-17-15-10/h2-3,13H,4-5,12H2,1H3,(H,14,15,16,17). The highest BCUT2D eigenvalue weighted by molar-refractivity contribution is 7.89. The lowest BCUT2D eigenvalue weighted by molar-refractivity contribution is 0.578. The largest absolute Gasteiger partial charge is 0.326 e. The van der Waals surface area contributed by atoms with Crippen LogP contribution >= 0.6 is 11.6 Å². The number of aromatic amines is 1. The maximum absolute atomic E-state index is 12.3. The molecule has 0 spiro atoms. The summed E-state index contributed by atoms with van der Waals surface area (Å²) in [6.07, 6.45) is 0. The Hall–Kier alpha value is -1.55. The maximum Gasteiger partial charge on any atom is 0.241 e. The number of aromatic nitrogens is 4. The average molecular weight is 317 g/mol. The molecule has 2 rings (SSSR count). The Morgan fingerprint density at radius 1 is 1.45 bits per heavy atom. The van der Waals surface area contributed by atoms with Crippen molar-refractivity contribution in [2.24, 2.45) is 5.73 Å². The van der Waals surface area contributed by atoms with Gasteiger partial charge in [-0.25, -0.2) is 13.1 Å². The minimum absolute atomic E-state index is 0.0667. The summed E-state index contributed by atoms with van der Waals surface area (Å²) < 4.78 is 26.9. The number of tetrazole rings is 1. The first kappa shape index (κ1) is 14.9. The van der Waals surface area contributed by atoms with Crippen LogP contribution in [0.4, 0.5) is 0 Å². The fourth-order valence-electron chi connectivity index (χ4n) is 1.69. The van der Waals surface area contributed by atoms with Crippen LogP contribution in [0.25, 0.3) is 0 Å². The SMILES string of the molecule is Cc1c(CN)cc(Cl)cc1S(=O)(=O)NCc1nn[nH]n1. The molecule has 0 amide bonds. The van der Waals surface area contributed by atoms with Crippen molar-refractivity contribution >= 4 is 21.6 Å². The number of hydrogen-bond acceptors (Lipinski definition) is 6. The Morgan fingerprint density at radius 2 is 2.20 bits per heavy atom. The molecule has 0 aliphatic carbocycles. The van der Waals surface area contributed by atoms with Crippen LogP contribution in [0, 0.1) is 6.92 Å². The molecule has 0 aliphatic heterocycles. The fraction of sp³-hybridized carbons (Fsp3) is 0.300. The van der Waals surface area contributed by atoms with Gasteiger partial charge in [-0.15, -0.1) is 10.2 Å². The molecule has 10 heteroatoms. The van der Waals surface area contributed by atoms with Crippen molar-refractivity contribution < 1.29 is 8.42 Å². The van der Waals surface area contributed by atoms with E-state index >= 15 is 0 Å². The third kappa shape index (κ3) is 3.12. The molecular formula is C10H13ClN6O2S. The van der Waals surface area contributed by atoms with Gasteiger partial charge in [-0.3, -0.25) is 0 Å². The topological polar surface area (TPSA) is 127 Å². The molecule has 0 radical (unpaired) electrons. The molecule has 0 aliphatic rings. The van der Waals surface area contributed by atoms with Crippen LogP contribution in [0.1, 0.15) is 17.0 Å². The Morgan fingerprint density at radius 3 is 2.80 bits per heavy atom. The lowest BCUT2D eigenvalue weighted by atomic mass is 10.1. The normalized spacial score (nSPS) is 11.8. The zero-order valence-corrected chi connectivity index (χ0v) is 12.2. The fourth-order valence-corrected chi connectivity index (χ4v) is 3.29. The zero-order chi connectivity index (χ0) is 14.8. The second-order valence-corrected chi connectivity index (χ2v) is 6.22. The van der Waals surface area contributed by atoms with Gasteiger partial charge in [0, 0.05) is 11.6 Å². The van der Waals surface area contributed by atoms with Gasteiger partial charge >= 0.3 is 0 Å². The first-order valence-corrected chi connectivity index (χ1v) is 7.51. The Labute approximate surface area is 120 Å². The highest BCUT2D eigenvalue weighted by Gasteiger charge is 2.20. The molecule has 2 aromatic rings. The first-order valence-electron chi connectivity index (χ1n) is 5.65. The number of H-pyrrole nitrogens is 1. The molecular weight excluding hydrogens is 304 g/mol. The van der Waals surface area contributed by atoms with E-state index in [1.807, 2.05) is 0 Å². The highest BCUT2D eigenvalue weighted by Crippen LogP contribution is 2.24. The number of hydrogen-bond donors (Lipinski definition) is 3. The quantitative estimate of drug-likeness (QED) is 0.718. The van der Waals surface area contributed by atoms with E-state index in [4.69, 9.17) is 17.3 Å². The van der Waals surface area contributed by atoms with E-state index in [-0.39, 0.29) is 23.8 Å². The second-order valence-electron chi connectivity index (χ2n) is 4.04. The summed E-state index contributed by atoms with van der Waals surface area (Å²) in [5, 5.41) is 13.2. The molecule has 4 N–H and O–H groups in total. The van der Waals surface area contributed by atoms with Crippen molar-refractivity contribution in [3.05, 3.63) is 34.1 Å². The lowest BCUT2D eigenvalue weighted by Crippen LogP contribution is -2.25. The van der Waals surface area contributed by atoms with Crippen LogP contribution in [0.2, 0.25) is 5.02 Å². The summed E-state index contributed by atoms with van der Waals surface area (Å²) in [6, 6.07) is 3.03. The van der Waals surface area contributed by atoms with Crippen molar-refractivity contribution in [3.8, 4) is 0 Å². The highest BCUT2D eigenvalue weighted by atomic mass is 35.5. The Kier molecular flexibility index (Phi) is 4.33. The number of nitrogens with zero attached hydrogens (tertiary/aromatic N) is 3. The van der Waals surface area contributed by atoms with Crippen molar-refractivity contribution in [2.75, 3.05) is 0 Å². The molecule has 0 bridgehead atoms. The molecule has 1 heterocycles. The number of nitrogens with two attached hydrogens (primary N) is 1. The molecule has 8 nitrogen and oxygen atoms in total. The van der Waals surface area contributed by atoms with Crippen LogP contribution < -0.4 is 10.5 Å². The van der Waals surface area contributed by atoms with E-state index < -0.39 is 10.0 Å². The van der Waals surface area contributed by atoms with Crippen LogP contribution in [0.5, 0.6) is 0 Å².